The molecule has 2 amide bonds. The molecule has 0 bridgehead atoms. The first-order chi connectivity index (χ1) is 15.6. The van der Waals surface area contributed by atoms with Crippen LogP contribution in [-0.2, 0) is 11.2 Å². The van der Waals surface area contributed by atoms with E-state index in [1.165, 1.54) is 12.4 Å². The summed E-state index contributed by atoms with van der Waals surface area (Å²) in [6, 6.07) is 7.50. The van der Waals surface area contributed by atoms with Crippen LogP contribution >= 0.6 is 0 Å². The number of carbonyl (C=O) groups excluding carboxylic acids is 1. The molecule has 1 aliphatic rings. The minimum atomic E-state index is -0.478. The smallest absolute Gasteiger partial charge is 0.324 e. The minimum absolute atomic E-state index is 0.179. The summed E-state index contributed by atoms with van der Waals surface area (Å²) in [5, 5.41) is 17.6. The Labute approximate surface area is 187 Å². The van der Waals surface area contributed by atoms with Gasteiger partial charge in [0.2, 0.25) is 0 Å². The predicted molar refractivity (Wildman–Crippen MR) is 121 cm³/mol. The van der Waals surface area contributed by atoms with E-state index in [0.29, 0.717) is 17.5 Å². The van der Waals surface area contributed by atoms with Gasteiger partial charge in [-0.3, -0.25) is 10.2 Å². The van der Waals surface area contributed by atoms with E-state index in [9.17, 15) is 4.79 Å². The molecule has 0 aliphatic carbocycles. The number of aromatic nitrogens is 2. The summed E-state index contributed by atoms with van der Waals surface area (Å²) < 4.78 is 10.8. The van der Waals surface area contributed by atoms with Crippen LogP contribution in [0.3, 0.4) is 0 Å². The Morgan fingerprint density at radius 3 is 2.78 bits per heavy atom. The molecule has 32 heavy (non-hydrogen) atoms. The number of benzene rings is 1. The normalized spacial score (nSPS) is 14.9. The number of ether oxygens (including phenoxy) is 2. The van der Waals surface area contributed by atoms with Gasteiger partial charge >= 0.3 is 6.03 Å². The van der Waals surface area contributed by atoms with Gasteiger partial charge in [-0.25, -0.2) is 14.8 Å². The van der Waals surface area contributed by atoms with Gasteiger partial charge in [0.15, 0.2) is 11.5 Å². The van der Waals surface area contributed by atoms with Crippen LogP contribution in [0.2, 0.25) is 0 Å². The number of hydrogen-bond acceptors (Lipinski definition) is 8. The van der Waals surface area contributed by atoms with Crippen LogP contribution in [0, 0.1) is 11.3 Å². The molecule has 3 rings (SSSR count). The summed E-state index contributed by atoms with van der Waals surface area (Å²) in [4.78, 5) is 22.5. The fraction of sp³-hybridized carbons (Fsp3) is 0.455. The number of nitrogens with zero attached hydrogens (tertiary/aromatic N) is 4. The van der Waals surface area contributed by atoms with Crippen molar-refractivity contribution in [1.29, 1.82) is 5.26 Å². The number of methoxy groups -OCH3 is 1. The molecule has 2 heterocycles. The lowest BCUT2D eigenvalue weighted by atomic mass is 10.1. The molecule has 0 saturated carbocycles. The Morgan fingerprint density at radius 1 is 1.28 bits per heavy atom. The third-order valence-corrected chi connectivity index (χ3v) is 5.06. The van der Waals surface area contributed by atoms with Gasteiger partial charge < -0.3 is 20.1 Å². The Bertz CT molecular complexity index is 924. The van der Waals surface area contributed by atoms with E-state index in [2.05, 4.69) is 37.7 Å². The van der Waals surface area contributed by atoms with Crippen LogP contribution in [-0.4, -0.2) is 73.4 Å². The monoisotopic (exact) mass is 439 g/mol. The molecular formula is C22H29N7O3. The maximum Gasteiger partial charge on any atom is 0.324 e. The lowest BCUT2D eigenvalue weighted by Crippen LogP contribution is -2.44. The van der Waals surface area contributed by atoms with Gasteiger partial charge in [0.1, 0.15) is 11.8 Å². The van der Waals surface area contributed by atoms with E-state index < -0.39 is 6.03 Å². The molecule has 1 atom stereocenters. The van der Waals surface area contributed by atoms with E-state index in [0.717, 1.165) is 51.4 Å². The number of nitrogens with one attached hydrogen (secondary N) is 3. The fourth-order valence-corrected chi connectivity index (χ4v) is 3.41. The highest BCUT2D eigenvalue weighted by molar-refractivity contribution is 6.00. The molecule has 1 unspecified atom stereocenters. The number of anilines is 2. The molecule has 1 aromatic heterocycles. The van der Waals surface area contributed by atoms with E-state index in [1.54, 1.807) is 7.11 Å². The molecule has 2 aromatic rings. The molecule has 1 fully saturated rings. The van der Waals surface area contributed by atoms with Gasteiger partial charge in [0, 0.05) is 25.7 Å². The van der Waals surface area contributed by atoms with Crippen LogP contribution in [0.1, 0.15) is 18.2 Å². The van der Waals surface area contributed by atoms with Gasteiger partial charge in [-0.2, -0.15) is 5.26 Å². The van der Waals surface area contributed by atoms with Crippen molar-refractivity contribution < 1.29 is 14.3 Å². The Kier molecular flexibility index (Phi) is 8.74. The molecule has 10 nitrogen and oxygen atoms in total. The highest BCUT2D eigenvalue weighted by Crippen LogP contribution is 2.26. The highest BCUT2D eigenvalue weighted by Gasteiger charge is 2.14. The van der Waals surface area contributed by atoms with Crippen LogP contribution < -0.4 is 20.7 Å². The third kappa shape index (κ3) is 7.16. The van der Waals surface area contributed by atoms with E-state index in [4.69, 9.17) is 14.7 Å². The summed E-state index contributed by atoms with van der Waals surface area (Å²) in [6.45, 7) is 7.65. The van der Waals surface area contributed by atoms with Crippen LogP contribution in [0.4, 0.5) is 16.3 Å². The van der Waals surface area contributed by atoms with Crippen LogP contribution in [0.5, 0.6) is 5.75 Å². The standard InChI is InChI=1S/C22H29N7O3/c1-16(15-29-7-9-32-10-8-29)24-6-5-17-3-4-19(20(11-17)31-2)27-22(30)28-21-14-25-18(12-23)13-26-21/h3-4,11,13-14,16,24H,5-10,15H2,1-2H3,(H2,26,27,28,30). The second kappa shape index (κ2) is 12.0. The van der Waals surface area contributed by atoms with E-state index in [-0.39, 0.29) is 11.5 Å². The zero-order valence-corrected chi connectivity index (χ0v) is 18.4. The second-order valence-corrected chi connectivity index (χ2v) is 7.53. The summed E-state index contributed by atoms with van der Waals surface area (Å²) in [5.41, 5.74) is 1.83. The molecule has 170 valence electrons. The quantitative estimate of drug-likeness (QED) is 0.541. The molecule has 1 aromatic carbocycles. The Hall–Kier alpha value is -3.26. The van der Waals surface area contributed by atoms with Gasteiger partial charge in [0.05, 0.1) is 38.4 Å². The average molecular weight is 440 g/mol. The van der Waals surface area contributed by atoms with Crippen molar-refractivity contribution in [3.8, 4) is 11.8 Å². The first-order valence-corrected chi connectivity index (χ1v) is 10.6. The number of amides is 2. The Morgan fingerprint density at radius 2 is 2.09 bits per heavy atom. The van der Waals surface area contributed by atoms with Crippen molar-refractivity contribution in [2.24, 2.45) is 0 Å². The molecule has 0 radical (unpaired) electrons. The zero-order chi connectivity index (χ0) is 22.8. The predicted octanol–water partition coefficient (Wildman–Crippen LogP) is 1.85. The fourth-order valence-electron chi connectivity index (χ4n) is 3.41. The number of rotatable bonds is 9. The Balaban J connectivity index is 1.47. The highest BCUT2D eigenvalue weighted by atomic mass is 16.5. The second-order valence-electron chi connectivity index (χ2n) is 7.53. The van der Waals surface area contributed by atoms with Crippen molar-refractivity contribution in [2.45, 2.75) is 19.4 Å². The first-order valence-electron chi connectivity index (χ1n) is 10.6. The van der Waals surface area contributed by atoms with Gasteiger partial charge in [-0.1, -0.05) is 6.07 Å². The largest absolute Gasteiger partial charge is 0.495 e. The van der Waals surface area contributed by atoms with Crippen LogP contribution in [0.25, 0.3) is 0 Å². The van der Waals surface area contributed by atoms with Crippen molar-refractivity contribution >= 4 is 17.5 Å². The number of carbonyl (C=O) groups is 1. The SMILES string of the molecule is COc1cc(CCNC(C)CN2CCOCC2)ccc1NC(=O)Nc1cnc(C#N)cn1. The van der Waals surface area contributed by atoms with Crippen molar-refractivity contribution in [2.75, 3.05) is 57.1 Å². The maximum absolute atomic E-state index is 12.3. The number of nitriles is 1. The van der Waals surface area contributed by atoms with Crippen LogP contribution in [0.15, 0.2) is 30.6 Å². The molecule has 10 heteroatoms. The molecule has 1 aliphatic heterocycles. The van der Waals surface area contributed by atoms with Crippen molar-refractivity contribution in [3.05, 3.63) is 41.9 Å². The molecule has 1 saturated heterocycles. The van der Waals surface area contributed by atoms with E-state index >= 15 is 0 Å². The summed E-state index contributed by atoms with van der Waals surface area (Å²) in [6.07, 6.45) is 3.46. The zero-order valence-electron chi connectivity index (χ0n) is 18.4. The lowest BCUT2D eigenvalue weighted by molar-refractivity contribution is 0.0344. The van der Waals surface area contributed by atoms with Gasteiger partial charge in [-0.05, 0) is 37.6 Å². The van der Waals surface area contributed by atoms with Gasteiger partial charge in [-0.15, -0.1) is 0 Å². The van der Waals surface area contributed by atoms with Gasteiger partial charge in [0.25, 0.3) is 0 Å². The molecule has 0 spiro atoms. The van der Waals surface area contributed by atoms with E-state index in [1.807, 2.05) is 24.3 Å². The third-order valence-electron chi connectivity index (χ3n) is 5.06. The number of morpholine rings is 1. The number of hydrogen-bond donors (Lipinski definition) is 3. The summed E-state index contributed by atoms with van der Waals surface area (Å²) >= 11 is 0. The van der Waals surface area contributed by atoms with Crippen molar-refractivity contribution in [3.63, 3.8) is 0 Å². The van der Waals surface area contributed by atoms with Crippen molar-refractivity contribution in [1.82, 2.24) is 20.2 Å². The first kappa shape index (κ1) is 23.4. The summed E-state index contributed by atoms with van der Waals surface area (Å²) in [7, 11) is 1.57. The maximum atomic E-state index is 12.3. The minimum Gasteiger partial charge on any atom is -0.495 e. The molecule has 3 N–H and O–H groups in total. The topological polar surface area (TPSA) is 124 Å². The summed E-state index contributed by atoms with van der Waals surface area (Å²) in [5.74, 6) is 0.819. The molecular weight excluding hydrogens is 410 g/mol. The average Bonchev–Trinajstić information content (AvgIpc) is 2.81. The lowest BCUT2D eigenvalue weighted by Gasteiger charge is -2.29. The number of urea groups is 1.